The van der Waals surface area contributed by atoms with Gasteiger partial charge in [-0.15, -0.1) is 0 Å². The first-order chi connectivity index (χ1) is 12.8. The Balaban J connectivity index is 2.22. The summed E-state index contributed by atoms with van der Waals surface area (Å²) in [6.45, 7) is 5.49. The van der Waals surface area contributed by atoms with Crippen molar-refractivity contribution in [3.8, 4) is 0 Å². The number of carbonyl (C=O) groups excluding carboxylic acids is 3. The molecule has 0 N–H and O–H groups in total. The van der Waals surface area contributed by atoms with Crippen molar-refractivity contribution in [3.05, 3.63) is 35.7 Å². The molecule has 6 nitrogen and oxygen atoms in total. The lowest BCUT2D eigenvalue weighted by molar-refractivity contribution is -0.186. The third-order valence-corrected chi connectivity index (χ3v) is 4.61. The normalized spacial score (nSPS) is 19.8. The van der Waals surface area contributed by atoms with Gasteiger partial charge in [0.2, 0.25) is 0 Å². The summed E-state index contributed by atoms with van der Waals surface area (Å²) >= 11 is 0. The van der Waals surface area contributed by atoms with Crippen LogP contribution in [0.25, 0.3) is 11.0 Å². The second-order valence-electron chi connectivity index (χ2n) is 7.58. The van der Waals surface area contributed by atoms with E-state index in [-0.39, 0.29) is 11.0 Å². The van der Waals surface area contributed by atoms with Crippen molar-refractivity contribution in [1.29, 1.82) is 0 Å². The first-order valence-corrected chi connectivity index (χ1v) is 8.42. The van der Waals surface area contributed by atoms with Crippen LogP contribution in [-0.2, 0) is 20.5 Å². The third kappa shape index (κ3) is 3.19. The van der Waals surface area contributed by atoms with Crippen molar-refractivity contribution >= 4 is 28.4 Å². The summed E-state index contributed by atoms with van der Waals surface area (Å²) in [6, 6.07) is 3.88. The zero-order valence-corrected chi connectivity index (χ0v) is 15.5. The van der Waals surface area contributed by atoms with Crippen LogP contribution in [0.5, 0.6) is 0 Å². The number of alkyl halides is 3. The molecule has 0 unspecified atom stereocenters. The maximum Gasteiger partial charge on any atom is 0.434 e. The van der Waals surface area contributed by atoms with Crippen molar-refractivity contribution in [3.63, 3.8) is 0 Å². The zero-order chi connectivity index (χ0) is 21.1. The van der Waals surface area contributed by atoms with Gasteiger partial charge < -0.3 is 4.74 Å². The number of hydrogen-bond acceptors (Lipinski definition) is 6. The maximum atomic E-state index is 13.6. The molecule has 1 fully saturated rings. The van der Waals surface area contributed by atoms with E-state index in [9.17, 15) is 27.6 Å². The number of hydrogen-bond donors (Lipinski definition) is 0. The number of nitrogens with zero attached hydrogens (tertiary/aromatic N) is 2. The van der Waals surface area contributed by atoms with E-state index in [2.05, 4.69) is 9.97 Å². The first kappa shape index (κ1) is 20.1. The van der Waals surface area contributed by atoms with E-state index in [1.54, 1.807) is 0 Å². The van der Waals surface area contributed by atoms with E-state index < -0.39 is 51.9 Å². The van der Waals surface area contributed by atoms with Gasteiger partial charge in [0.1, 0.15) is 17.1 Å². The Morgan fingerprint density at radius 1 is 1.11 bits per heavy atom. The number of rotatable bonds is 2. The molecule has 0 radical (unpaired) electrons. The van der Waals surface area contributed by atoms with E-state index in [4.69, 9.17) is 4.74 Å². The fraction of sp³-hybridized carbons (Fsp3) is 0.421. The first-order valence-electron chi connectivity index (χ1n) is 8.42. The van der Waals surface area contributed by atoms with Crippen LogP contribution in [0.3, 0.4) is 0 Å². The Morgan fingerprint density at radius 3 is 2.21 bits per heavy atom. The molecule has 0 amide bonds. The average molecular weight is 394 g/mol. The smallest absolute Gasteiger partial charge is 0.354 e. The molecule has 0 atom stereocenters. The number of carbonyl (C=O) groups is 3. The minimum Gasteiger partial charge on any atom is -0.354 e. The molecule has 1 aliphatic heterocycles. The second-order valence-corrected chi connectivity index (χ2v) is 7.58. The standard InChI is InChI=1S/C19H17F3N2O4/c1-17(2)14(26)11(15(27)18(3,4)28-17)12(25)10-8-9-6-5-7-23-16(9)24-13(10)19(20,21)22/h5-8,11H,1-4H3. The number of pyridine rings is 2. The van der Waals surface area contributed by atoms with Gasteiger partial charge in [-0.2, -0.15) is 13.2 Å². The highest BCUT2D eigenvalue weighted by Crippen LogP contribution is 2.38. The second kappa shape index (κ2) is 6.16. The molecule has 0 bridgehead atoms. The summed E-state index contributed by atoms with van der Waals surface area (Å²) in [7, 11) is 0. The van der Waals surface area contributed by atoms with E-state index >= 15 is 0 Å². The monoisotopic (exact) mass is 394 g/mol. The Bertz CT molecular complexity index is 986. The molecule has 1 aliphatic rings. The van der Waals surface area contributed by atoms with E-state index in [1.807, 2.05) is 0 Å². The summed E-state index contributed by atoms with van der Waals surface area (Å²) in [6.07, 6.45) is -3.70. The van der Waals surface area contributed by atoms with Crippen LogP contribution in [0.15, 0.2) is 24.4 Å². The van der Waals surface area contributed by atoms with Crippen molar-refractivity contribution in [2.75, 3.05) is 0 Å². The fourth-order valence-corrected chi connectivity index (χ4v) is 3.36. The molecule has 0 saturated carbocycles. The zero-order valence-electron chi connectivity index (χ0n) is 15.5. The molecule has 0 aromatic carbocycles. The van der Waals surface area contributed by atoms with Crippen molar-refractivity contribution in [2.45, 2.75) is 45.1 Å². The molecule has 2 aromatic heterocycles. The van der Waals surface area contributed by atoms with Crippen LogP contribution < -0.4 is 0 Å². The van der Waals surface area contributed by atoms with Gasteiger partial charge in [-0.05, 0) is 45.9 Å². The molecule has 148 valence electrons. The van der Waals surface area contributed by atoms with Crippen LogP contribution in [0.2, 0.25) is 0 Å². The molecule has 0 spiro atoms. The van der Waals surface area contributed by atoms with Crippen LogP contribution >= 0.6 is 0 Å². The Kier molecular flexibility index (Phi) is 4.42. The van der Waals surface area contributed by atoms with Crippen LogP contribution in [0.1, 0.15) is 43.7 Å². The van der Waals surface area contributed by atoms with Crippen molar-refractivity contribution < 1.29 is 32.3 Å². The SMILES string of the molecule is CC1(C)OC(C)(C)C(=O)C(C(=O)c2cc3cccnc3nc2C(F)(F)F)C1=O. The van der Waals surface area contributed by atoms with Gasteiger partial charge in [0.25, 0.3) is 0 Å². The molecular formula is C19H17F3N2O4. The van der Waals surface area contributed by atoms with Crippen molar-refractivity contribution in [2.24, 2.45) is 5.92 Å². The Labute approximate surface area is 158 Å². The highest BCUT2D eigenvalue weighted by molar-refractivity contribution is 6.28. The quantitative estimate of drug-likeness (QED) is 0.575. The Hall–Kier alpha value is -2.68. The number of halogens is 3. The molecule has 28 heavy (non-hydrogen) atoms. The number of aromatic nitrogens is 2. The van der Waals surface area contributed by atoms with Crippen LogP contribution in [0, 0.1) is 5.92 Å². The number of ketones is 3. The lowest BCUT2D eigenvalue weighted by Crippen LogP contribution is -2.61. The highest BCUT2D eigenvalue weighted by atomic mass is 19.4. The van der Waals surface area contributed by atoms with E-state index in [0.717, 1.165) is 6.07 Å². The summed E-state index contributed by atoms with van der Waals surface area (Å²) in [5.41, 5.74) is -5.54. The van der Waals surface area contributed by atoms with Gasteiger partial charge in [-0.25, -0.2) is 9.97 Å². The number of ether oxygens (including phenoxy) is 1. The molecule has 9 heteroatoms. The lowest BCUT2D eigenvalue weighted by Gasteiger charge is -2.42. The number of fused-ring (bicyclic) bond motifs is 1. The van der Waals surface area contributed by atoms with Gasteiger partial charge in [-0.1, -0.05) is 0 Å². The molecule has 1 saturated heterocycles. The van der Waals surface area contributed by atoms with Crippen LogP contribution in [0.4, 0.5) is 13.2 Å². The summed E-state index contributed by atoms with van der Waals surface area (Å²) in [5.74, 6) is -4.93. The topological polar surface area (TPSA) is 86.2 Å². The molecule has 3 heterocycles. The van der Waals surface area contributed by atoms with E-state index in [1.165, 1.54) is 46.0 Å². The average Bonchev–Trinajstić information content (AvgIpc) is 2.57. The lowest BCUT2D eigenvalue weighted by atomic mass is 9.75. The fourth-order valence-electron chi connectivity index (χ4n) is 3.36. The van der Waals surface area contributed by atoms with Gasteiger partial charge in [0.05, 0.1) is 5.56 Å². The summed E-state index contributed by atoms with van der Waals surface area (Å²) in [5, 5.41) is 0.185. The summed E-state index contributed by atoms with van der Waals surface area (Å²) < 4.78 is 46.2. The van der Waals surface area contributed by atoms with Gasteiger partial charge >= 0.3 is 6.18 Å². The highest BCUT2D eigenvalue weighted by Gasteiger charge is 2.56. The van der Waals surface area contributed by atoms with Gasteiger partial charge in [0.15, 0.2) is 28.7 Å². The predicted molar refractivity (Wildman–Crippen MR) is 91.6 cm³/mol. The van der Waals surface area contributed by atoms with Gasteiger partial charge in [0, 0.05) is 11.6 Å². The maximum absolute atomic E-state index is 13.6. The van der Waals surface area contributed by atoms with Gasteiger partial charge in [-0.3, -0.25) is 14.4 Å². The van der Waals surface area contributed by atoms with E-state index in [0.29, 0.717) is 0 Å². The Morgan fingerprint density at radius 2 is 1.68 bits per heavy atom. The predicted octanol–water partition coefficient (Wildman–Crippen LogP) is 3.17. The molecular weight excluding hydrogens is 377 g/mol. The molecule has 0 aliphatic carbocycles. The molecule has 3 rings (SSSR count). The third-order valence-electron chi connectivity index (χ3n) is 4.61. The minimum atomic E-state index is -4.97. The number of Topliss-reactive ketones (excluding diaryl/α,β-unsaturated/α-hetero) is 3. The van der Waals surface area contributed by atoms with Crippen molar-refractivity contribution in [1.82, 2.24) is 9.97 Å². The van der Waals surface area contributed by atoms with Crippen LogP contribution in [-0.4, -0.2) is 38.5 Å². The molecule has 2 aromatic rings. The largest absolute Gasteiger partial charge is 0.434 e. The minimum absolute atomic E-state index is 0.185. The summed E-state index contributed by atoms with van der Waals surface area (Å²) in [4.78, 5) is 45.7.